The van der Waals surface area contributed by atoms with E-state index in [1.54, 1.807) is 7.05 Å². The minimum absolute atomic E-state index is 0.584. The summed E-state index contributed by atoms with van der Waals surface area (Å²) in [5.41, 5.74) is 1.20. The third-order valence-electron chi connectivity index (χ3n) is 3.38. The van der Waals surface area contributed by atoms with Crippen LogP contribution in [0.25, 0.3) is 0 Å². The molecule has 2 rings (SSSR count). The number of aromatic nitrogens is 1. The maximum absolute atomic E-state index is 4.31. The number of pyridine rings is 1. The van der Waals surface area contributed by atoms with Gasteiger partial charge in [0, 0.05) is 39.9 Å². The molecule has 0 amide bonds. The summed E-state index contributed by atoms with van der Waals surface area (Å²) >= 11 is 0. The second-order valence-electron chi connectivity index (χ2n) is 5.31. The predicted octanol–water partition coefficient (Wildman–Crippen LogP) is 1.22. The van der Waals surface area contributed by atoms with Crippen LogP contribution in [0.5, 0.6) is 0 Å². The van der Waals surface area contributed by atoms with Gasteiger partial charge in [0.1, 0.15) is 5.82 Å². The van der Waals surface area contributed by atoms with Crippen molar-refractivity contribution in [3.63, 3.8) is 0 Å². The van der Waals surface area contributed by atoms with Crippen LogP contribution in [0.2, 0.25) is 0 Å². The van der Waals surface area contributed by atoms with Gasteiger partial charge >= 0.3 is 0 Å². The SMILES string of the molecule is CN=C(NCc1ccnc(N(C)C)c1)NC1CC1C. The fraction of sp³-hybridized carbons (Fsp3) is 0.571. The van der Waals surface area contributed by atoms with E-state index < -0.39 is 0 Å². The molecule has 1 aromatic rings. The molecule has 0 radical (unpaired) electrons. The molecule has 0 spiro atoms. The number of hydrogen-bond acceptors (Lipinski definition) is 3. The van der Waals surface area contributed by atoms with Crippen molar-refractivity contribution in [3.05, 3.63) is 23.9 Å². The highest BCUT2D eigenvalue weighted by atomic mass is 15.2. The van der Waals surface area contributed by atoms with E-state index in [4.69, 9.17) is 0 Å². The van der Waals surface area contributed by atoms with Crippen LogP contribution in [0, 0.1) is 5.92 Å². The van der Waals surface area contributed by atoms with Crippen molar-refractivity contribution in [2.24, 2.45) is 10.9 Å². The molecule has 5 heteroatoms. The van der Waals surface area contributed by atoms with Crippen LogP contribution in [-0.4, -0.2) is 38.1 Å². The second-order valence-corrected chi connectivity index (χ2v) is 5.31. The van der Waals surface area contributed by atoms with Crippen LogP contribution in [0.15, 0.2) is 23.3 Å². The topological polar surface area (TPSA) is 52.6 Å². The summed E-state index contributed by atoms with van der Waals surface area (Å²) in [4.78, 5) is 10.6. The summed E-state index contributed by atoms with van der Waals surface area (Å²) in [6.07, 6.45) is 3.08. The molecule has 0 aliphatic heterocycles. The maximum atomic E-state index is 4.31. The van der Waals surface area contributed by atoms with Gasteiger partial charge in [0.25, 0.3) is 0 Å². The monoisotopic (exact) mass is 261 g/mol. The van der Waals surface area contributed by atoms with Gasteiger partial charge in [-0.05, 0) is 30.0 Å². The van der Waals surface area contributed by atoms with Crippen LogP contribution in [-0.2, 0) is 6.54 Å². The zero-order chi connectivity index (χ0) is 13.8. The smallest absolute Gasteiger partial charge is 0.191 e. The Bertz CT molecular complexity index is 455. The lowest BCUT2D eigenvalue weighted by Gasteiger charge is -2.14. The molecular formula is C14H23N5. The van der Waals surface area contributed by atoms with Gasteiger partial charge in [-0.25, -0.2) is 4.98 Å². The first-order valence-corrected chi connectivity index (χ1v) is 6.69. The maximum Gasteiger partial charge on any atom is 0.191 e. The average Bonchev–Trinajstić information content (AvgIpc) is 3.10. The normalized spacial score (nSPS) is 22.0. The Morgan fingerprint density at radius 3 is 2.84 bits per heavy atom. The van der Waals surface area contributed by atoms with E-state index in [9.17, 15) is 0 Å². The molecule has 104 valence electrons. The summed E-state index contributed by atoms with van der Waals surface area (Å²) in [6.45, 7) is 3.00. The van der Waals surface area contributed by atoms with E-state index in [0.717, 1.165) is 24.2 Å². The van der Waals surface area contributed by atoms with Crippen LogP contribution in [0.1, 0.15) is 18.9 Å². The van der Waals surface area contributed by atoms with E-state index in [1.807, 2.05) is 31.3 Å². The van der Waals surface area contributed by atoms with Gasteiger partial charge in [-0.2, -0.15) is 0 Å². The van der Waals surface area contributed by atoms with Gasteiger partial charge in [-0.1, -0.05) is 6.92 Å². The molecule has 0 saturated heterocycles. The van der Waals surface area contributed by atoms with Crippen LogP contribution < -0.4 is 15.5 Å². The molecule has 2 unspecified atom stereocenters. The Kier molecular flexibility index (Phi) is 4.24. The van der Waals surface area contributed by atoms with Crippen LogP contribution in [0.4, 0.5) is 5.82 Å². The minimum atomic E-state index is 0.584. The first kappa shape index (κ1) is 13.6. The third-order valence-corrected chi connectivity index (χ3v) is 3.38. The molecule has 1 saturated carbocycles. The van der Waals surface area contributed by atoms with Gasteiger partial charge in [0.15, 0.2) is 5.96 Å². The molecule has 2 atom stereocenters. The molecule has 1 fully saturated rings. The van der Waals surface area contributed by atoms with E-state index in [1.165, 1.54) is 12.0 Å². The van der Waals surface area contributed by atoms with Gasteiger partial charge in [0.05, 0.1) is 0 Å². The lowest BCUT2D eigenvalue weighted by Crippen LogP contribution is -2.38. The van der Waals surface area contributed by atoms with Crippen molar-refractivity contribution in [1.29, 1.82) is 0 Å². The van der Waals surface area contributed by atoms with E-state index in [0.29, 0.717) is 6.04 Å². The number of rotatable bonds is 4. The summed E-state index contributed by atoms with van der Waals surface area (Å²) in [7, 11) is 5.79. The molecule has 1 aliphatic carbocycles. The second kappa shape index (κ2) is 5.91. The van der Waals surface area contributed by atoms with E-state index in [-0.39, 0.29) is 0 Å². The van der Waals surface area contributed by atoms with Crippen molar-refractivity contribution in [2.45, 2.75) is 25.9 Å². The number of anilines is 1. The van der Waals surface area contributed by atoms with Crippen molar-refractivity contribution in [3.8, 4) is 0 Å². The van der Waals surface area contributed by atoms with Crippen LogP contribution in [0.3, 0.4) is 0 Å². The van der Waals surface area contributed by atoms with Crippen molar-refractivity contribution < 1.29 is 0 Å². The Morgan fingerprint density at radius 2 is 2.26 bits per heavy atom. The number of nitrogens with one attached hydrogen (secondary N) is 2. The fourth-order valence-corrected chi connectivity index (χ4v) is 1.89. The summed E-state index contributed by atoms with van der Waals surface area (Å²) < 4.78 is 0. The molecular weight excluding hydrogens is 238 g/mol. The molecule has 1 aromatic heterocycles. The lowest BCUT2D eigenvalue weighted by atomic mass is 10.2. The molecule has 2 N–H and O–H groups in total. The molecule has 1 aliphatic rings. The number of guanidine groups is 1. The molecule has 0 aromatic carbocycles. The Labute approximate surface area is 115 Å². The zero-order valence-corrected chi connectivity index (χ0v) is 12.1. The van der Waals surface area contributed by atoms with Gasteiger partial charge in [-0.3, -0.25) is 4.99 Å². The van der Waals surface area contributed by atoms with E-state index >= 15 is 0 Å². The van der Waals surface area contributed by atoms with Gasteiger partial charge in [0.2, 0.25) is 0 Å². The van der Waals surface area contributed by atoms with Crippen molar-refractivity contribution >= 4 is 11.8 Å². The van der Waals surface area contributed by atoms with Crippen LogP contribution >= 0.6 is 0 Å². The highest BCUT2D eigenvalue weighted by molar-refractivity contribution is 5.80. The molecule has 19 heavy (non-hydrogen) atoms. The number of hydrogen-bond donors (Lipinski definition) is 2. The first-order valence-electron chi connectivity index (χ1n) is 6.69. The lowest BCUT2D eigenvalue weighted by molar-refractivity contribution is 0.763. The highest BCUT2D eigenvalue weighted by Crippen LogP contribution is 2.28. The van der Waals surface area contributed by atoms with E-state index in [2.05, 4.69) is 33.6 Å². The van der Waals surface area contributed by atoms with Crippen molar-refractivity contribution in [2.75, 3.05) is 26.0 Å². The Hall–Kier alpha value is -1.78. The minimum Gasteiger partial charge on any atom is -0.363 e. The quantitative estimate of drug-likeness (QED) is 0.632. The largest absolute Gasteiger partial charge is 0.363 e. The summed E-state index contributed by atoms with van der Waals surface area (Å²) in [5.74, 6) is 2.61. The predicted molar refractivity (Wildman–Crippen MR) is 79.5 cm³/mol. The van der Waals surface area contributed by atoms with Crippen molar-refractivity contribution in [1.82, 2.24) is 15.6 Å². The number of nitrogens with zero attached hydrogens (tertiary/aromatic N) is 3. The summed E-state index contributed by atoms with van der Waals surface area (Å²) in [6, 6.07) is 4.69. The third kappa shape index (κ3) is 3.84. The molecule has 5 nitrogen and oxygen atoms in total. The first-order chi connectivity index (χ1) is 9.10. The fourth-order valence-electron chi connectivity index (χ4n) is 1.89. The van der Waals surface area contributed by atoms with Gasteiger partial charge in [-0.15, -0.1) is 0 Å². The average molecular weight is 261 g/mol. The molecule has 0 bridgehead atoms. The zero-order valence-electron chi connectivity index (χ0n) is 12.1. The highest BCUT2D eigenvalue weighted by Gasteiger charge is 2.33. The number of aliphatic imine (C=N–C) groups is 1. The standard InChI is InChI=1S/C14H23N5/c1-10-7-12(10)18-14(15-2)17-9-11-5-6-16-13(8-11)19(3)4/h5-6,8,10,12H,7,9H2,1-4H3,(H2,15,17,18). The summed E-state index contributed by atoms with van der Waals surface area (Å²) in [5, 5.41) is 6.75. The molecule has 1 heterocycles. The Balaban J connectivity index is 1.88. The Morgan fingerprint density at radius 1 is 1.53 bits per heavy atom. The van der Waals surface area contributed by atoms with Gasteiger partial charge < -0.3 is 15.5 Å².